The Labute approximate surface area is 189 Å². The Balaban J connectivity index is 1.82. The molecule has 0 bridgehead atoms. The van der Waals surface area contributed by atoms with Gasteiger partial charge in [-0.3, -0.25) is 9.59 Å². The number of amides is 1. The molecule has 2 heterocycles. The number of nitrogens with zero attached hydrogens (tertiary/aromatic N) is 2. The van der Waals surface area contributed by atoms with Gasteiger partial charge in [-0.25, -0.2) is 18.7 Å². The molecule has 8 nitrogen and oxygen atoms in total. The van der Waals surface area contributed by atoms with Gasteiger partial charge in [0, 0.05) is 41.7 Å². The van der Waals surface area contributed by atoms with Crippen molar-refractivity contribution in [3.8, 4) is 5.75 Å². The second-order valence-electron chi connectivity index (χ2n) is 6.84. The monoisotopic (exact) mass is 508 g/mol. The first kappa shape index (κ1) is 23.5. The van der Waals surface area contributed by atoms with Crippen molar-refractivity contribution in [2.75, 3.05) is 6.61 Å². The molecule has 0 aliphatic rings. The summed E-state index contributed by atoms with van der Waals surface area (Å²) >= 11 is 3.22. The Bertz CT molecular complexity index is 1190. The maximum Gasteiger partial charge on any atom is 0.266 e. The second kappa shape index (κ2) is 10.4. The highest BCUT2D eigenvalue weighted by atomic mass is 79.9. The van der Waals surface area contributed by atoms with E-state index in [2.05, 4.69) is 36.2 Å². The van der Waals surface area contributed by atoms with E-state index in [0.29, 0.717) is 29.1 Å². The number of aromatic nitrogens is 3. The number of carbonyl (C=O) groups excluding carboxylic acids is 1. The van der Waals surface area contributed by atoms with Gasteiger partial charge in [-0.2, -0.15) is 0 Å². The van der Waals surface area contributed by atoms with Crippen LogP contribution in [0.4, 0.5) is 8.78 Å². The first-order valence-corrected chi connectivity index (χ1v) is 10.2. The van der Waals surface area contributed by atoms with E-state index >= 15 is 0 Å². The molecular formula is C21H19BrF2N4O4. The van der Waals surface area contributed by atoms with Crippen LogP contribution >= 0.6 is 15.9 Å². The van der Waals surface area contributed by atoms with E-state index in [1.807, 2.05) is 0 Å². The molecule has 0 fully saturated rings. The lowest BCUT2D eigenvalue weighted by atomic mass is 10.1. The van der Waals surface area contributed by atoms with Crippen molar-refractivity contribution in [3.05, 3.63) is 85.3 Å². The lowest BCUT2D eigenvalue weighted by Crippen LogP contribution is -2.26. The Morgan fingerprint density at radius 2 is 2.00 bits per heavy atom. The molecule has 168 valence electrons. The van der Waals surface area contributed by atoms with Crippen LogP contribution in [0.3, 0.4) is 0 Å². The molecule has 0 radical (unpaired) electrons. The molecule has 0 atom stereocenters. The largest absolute Gasteiger partial charge is 0.487 e. The number of carbonyl (C=O) groups is 1. The molecule has 1 aromatic carbocycles. The normalized spacial score (nSPS) is 10.8. The number of aryl methyl sites for hydroxylation is 1. The first-order valence-electron chi connectivity index (χ1n) is 9.43. The summed E-state index contributed by atoms with van der Waals surface area (Å²) in [7, 11) is 0. The molecule has 0 spiro atoms. The molecule has 3 rings (SSSR count). The van der Waals surface area contributed by atoms with Crippen molar-refractivity contribution in [2.24, 2.45) is 0 Å². The number of hydrogen-bond acceptors (Lipinski definition) is 6. The van der Waals surface area contributed by atoms with Crippen LogP contribution in [0.5, 0.6) is 5.75 Å². The number of aromatic amines is 1. The number of H-pyrrole nitrogens is 1. The van der Waals surface area contributed by atoms with Crippen LogP contribution in [0.1, 0.15) is 28.2 Å². The summed E-state index contributed by atoms with van der Waals surface area (Å²) in [6, 6.07) is 3.17. The minimum Gasteiger partial charge on any atom is -0.487 e. The number of hydrogen-bond donors (Lipinski definition) is 3. The standard InChI is InChI=1S/C21H19BrF2N4O4/c1-11-15(4-12-6-25-17(26-7-12)8-27-18(30)9-29)20(19(22)21(31)28-11)32-10-13-2-3-14(23)5-16(13)24/h2-3,5-7,29H,4,8-10H2,1H3,(H,27,30)(H,28,31). The average Bonchev–Trinajstić information content (AvgIpc) is 2.77. The van der Waals surface area contributed by atoms with Gasteiger partial charge in [0.15, 0.2) is 0 Å². The number of aliphatic hydroxyl groups excluding tert-OH is 1. The average molecular weight is 509 g/mol. The van der Waals surface area contributed by atoms with E-state index in [4.69, 9.17) is 9.84 Å². The van der Waals surface area contributed by atoms with Crippen LogP contribution in [0, 0.1) is 18.6 Å². The molecule has 3 aromatic rings. The van der Waals surface area contributed by atoms with E-state index in [0.717, 1.165) is 12.1 Å². The van der Waals surface area contributed by atoms with Gasteiger partial charge in [0.05, 0.1) is 6.54 Å². The van der Waals surface area contributed by atoms with Crippen molar-refractivity contribution < 1.29 is 23.4 Å². The number of ether oxygens (including phenoxy) is 1. The zero-order valence-corrected chi connectivity index (χ0v) is 18.5. The minimum absolute atomic E-state index is 0.0699. The molecule has 1 amide bonds. The minimum atomic E-state index is -0.749. The Hall–Kier alpha value is -3.18. The Morgan fingerprint density at radius 3 is 2.66 bits per heavy atom. The van der Waals surface area contributed by atoms with Gasteiger partial charge in [-0.05, 0) is 40.5 Å². The summed E-state index contributed by atoms with van der Waals surface area (Å²) in [6.45, 7) is 0.943. The third-order valence-electron chi connectivity index (χ3n) is 4.54. The SMILES string of the molecule is Cc1[nH]c(=O)c(Br)c(OCc2ccc(F)cc2F)c1Cc1cnc(CNC(=O)CO)nc1. The predicted octanol–water partition coefficient (Wildman–Crippen LogP) is 2.29. The van der Waals surface area contributed by atoms with E-state index in [1.165, 1.54) is 6.07 Å². The number of nitrogens with one attached hydrogen (secondary N) is 2. The summed E-state index contributed by atoms with van der Waals surface area (Å²) in [5.41, 5.74) is 1.60. The maximum absolute atomic E-state index is 14.0. The summed E-state index contributed by atoms with van der Waals surface area (Å²) in [5.74, 6) is -1.39. The molecule has 0 saturated carbocycles. The van der Waals surface area contributed by atoms with Gasteiger partial charge in [0.1, 0.15) is 40.9 Å². The molecule has 0 unspecified atom stereocenters. The fourth-order valence-corrected chi connectivity index (χ4v) is 3.31. The summed E-state index contributed by atoms with van der Waals surface area (Å²) in [6.07, 6.45) is 3.43. The van der Waals surface area contributed by atoms with Crippen LogP contribution in [-0.2, 0) is 24.4 Å². The number of benzene rings is 1. The molecule has 2 aromatic heterocycles. The van der Waals surface area contributed by atoms with Crippen molar-refractivity contribution in [1.29, 1.82) is 0 Å². The van der Waals surface area contributed by atoms with E-state index < -0.39 is 29.7 Å². The molecule has 3 N–H and O–H groups in total. The van der Waals surface area contributed by atoms with Gasteiger partial charge in [-0.1, -0.05) is 0 Å². The number of halogens is 3. The molecule has 32 heavy (non-hydrogen) atoms. The summed E-state index contributed by atoms with van der Waals surface area (Å²) in [5, 5.41) is 11.2. The maximum atomic E-state index is 14.0. The fraction of sp³-hybridized carbons (Fsp3) is 0.238. The third kappa shape index (κ3) is 5.74. The van der Waals surface area contributed by atoms with Crippen LogP contribution in [0.25, 0.3) is 0 Å². The molecule has 11 heteroatoms. The molecule has 0 aliphatic carbocycles. The van der Waals surface area contributed by atoms with E-state index in [9.17, 15) is 18.4 Å². The van der Waals surface area contributed by atoms with Gasteiger partial charge < -0.3 is 20.1 Å². The highest BCUT2D eigenvalue weighted by Crippen LogP contribution is 2.30. The predicted molar refractivity (Wildman–Crippen MR) is 114 cm³/mol. The quantitative estimate of drug-likeness (QED) is 0.429. The van der Waals surface area contributed by atoms with Gasteiger partial charge in [0.25, 0.3) is 5.56 Å². The van der Waals surface area contributed by atoms with Crippen LogP contribution in [-0.4, -0.2) is 32.6 Å². The topological polar surface area (TPSA) is 117 Å². The van der Waals surface area contributed by atoms with E-state index in [-0.39, 0.29) is 28.9 Å². The lowest BCUT2D eigenvalue weighted by molar-refractivity contribution is -0.124. The highest BCUT2D eigenvalue weighted by Gasteiger charge is 2.17. The zero-order valence-electron chi connectivity index (χ0n) is 16.9. The van der Waals surface area contributed by atoms with Crippen LogP contribution < -0.4 is 15.6 Å². The van der Waals surface area contributed by atoms with Crippen molar-refractivity contribution in [1.82, 2.24) is 20.3 Å². The molecular weight excluding hydrogens is 490 g/mol. The van der Waals surface area contributed by atoms with Crippen molar-refractivity contribution in [2.45, 2.75) is 26.5 Å². The van der Waals surface area contributed by atoms with Gasteiger partial charge in [0.2, 0.25) is 5.91 Å². The second-order valence-corrected chi connectivity index (χ2v) is 7.64. The summed E-state index contributed by atoms with van der Waals surface area (Å²) in [4.78, 5) is 34.4. The van der Waals surface area contributed by atoms with E-state index in [1.54, 1.807) is 19.3 Å². The number of aliphatic hydroxyl groups is 1. The van der Waals surface area contributed by atoms with Crippen molar-refractivity contribution in [3.63, 3.8) is 0 Å². The Kier molecular flexibility index (Phi) is 7.65. The lowest BCUT2D eigenvalue weighted by Gasteiger charge is -2.16. The number of rotatable bonds is 8. The third-order valence-corrected chi connectivity index (χ3v) is 5.26. The first-order chi connectivity index (χ1) is 15.3. The highest BCUT2D eigenvalue weighted by molar-refractivity contribution is 9.10. The summed E-state index contributed by atoms with van der Waals surface area (Å²) < 4.78 is 33.0. The molecule has 0 aliphatic heterocycles. The fourth-order valence-electron chi connectivity index (χ4n) is 2.86. The van der Waals surface area contributed by atoms with Gasteiger partial charge in [-0.15, -0.1) is 0 Å². The van der Waals surface area contributed by atoms with Crippen LogP contribution in [0.15, 0.2) is 39.9 Å². The smallest absolute Gasteiger partial charge is 0.266 e. The van der Waals surface area contributed by atoms with Gasteiger partial charge >= 0.3 is 0 Å². The van der Waals surface area contributed by atoms with Crippen molar-refractivity contribution >= 4 is 21.8 Å². The number of pyridine rings is 1. The van der Waals surface area contributed by atoms with Crippen LogP contribution in [0.2, 0.25) is 0 Å². The zero-order chi connectivity index (χ0) is 23.3. The molecule has 0 saturated heterocycles. The Morgan fingerprint density at radius 1 is 1.28 bits per heavy atom.